The number of hydrogen-bond acceptors (Lipinski definition) is 5. The van der Waals surface area contributed by atoms with Crippen LogP contribution in [0, 0.1) is 5.92 Å². The van der Waals surface area contributed by atoms with Crippen LogP contribution in [0.5, 0.6) is 0 Å². The number of Topliss-reactive ketones (excluding diaryl/α,β-unsaturated/α-hetero) is 1. The Hall–Kier alpha value is -1.87. The zero-order chi connectivity index (χ0) is 23.4. The van der Waals surface area contributed by atoms with Gasteiger partial charge in [-0.1, -0.05) is 76.9 Å². The minimum absolute atomic E-state index is 0.00172. The van der Waals surface area contributed by atoms with Crippen LogP contribution in [0.15, 0.2) is 52.1 Å². The molecule has 1 heterocycles. The maximum Gasteiger partial charge on any atom is 0.253 e. The number of halogens is 3. The number of thioether (sulfide) groups is 1. The van der Waals surface area contributed by atoms with Gasteiger partial charge in [0.1, 0.15) is 0 Å². The second-order valence-electron chi connectivity index (χ2n) is 7.44. The van der Waals surface area contributed by atoms with Gasteiger partial charge in [-0.05, 0) is 36.2 Å². The highest BCUT2D eigenvalue weighted by Crippen LogP contribution is 2.27. The summed E-state index contributed by atoms with van der Waals surface area (Å²) in [5, 5.41) is 12.8. The molecule has 10 heteroatoms. The highest BCUT2D eigenvalue weighted by molar-refractivity contribution is 9.10. The number of nitrogens with zero attached hydrogens (tertiary/aromatic N) is 3. The number of carbonyl (C=O) groups excluding carboxylic acids is 2. The van der Waals surface area contributed by atoms with E-state index in [1.165, 1.54) is 17.8 Å². The summed E-state index contributed by atoms with van der Waals surface area (Å²) in [6, 6.07) is 11.6. The third-order valence-corrected chi connectivity index (χ3v) is 6.87. The average Bonchev–Trinajstić information content (AvgIpc) is 3.10. The molecule has 0 bridgehead atoms. The van der Waals surface area contributed by atoms with Crippen molar-refractivity contribution >= 4 is 62.6 Å². The van der Waals surface area contributed by atoms with Crippen LogP contribution in [-0.2, 0) is 7.05 Å². The fourth-order valence-corrected chi connectivity index (χ4v) is 4.57. The third-order valence-electron chi connectivity index (χ3n) is 4.77. The fourth-order valence-electron chi connectivity index (χ4n) is 2.99. The Morgan fingerprint density at radius 2 is 1.81 bits per heavy atom. The number of ketones is 1. The summed E-state index contributed by atoms with van der Waals surface area (Å²) >= 11 is 16.8. The van der Waals surface area contributed by atoms with Crippen LogP contribution in [-0.4, -0.2) is 32.2 Å². The van der Waals surface area contributed by atoms with Crippen molar-refractivity contribution in [3.05, 3.63) is 73.9 Å². The summed E-state index contributed by atoms with van der Waals surface area (Å²) in [6.45, 7) is 3.96. The van der Waals surface area contributed by atoms with Gasteiger partial charge in [-0.25, -0.2) is 0 Å². The second kappa shape index (κ2) is 10.8. The lowest BCUT2D eigenvalue weighted by atomic mass is 10.0. The highest BCUT2D eigenvalue weighted by atomic mass is 79.9. The Bertz CT molecular complexity index is 1140. The van der Waals surface area contributed by atoms with Gasteiger partial charge in [0.15, 0.2) is 16.8 Å². The fraction of sp³-hybridized carbons (Fsp3) is 0.273. The molecule has 6 nitrogen and oxygen atoms in total. The van der Waals surface area contributed by atoms with Gasteiger partial charge < -0.3 is 9.88 Å². The van der Waals surface area contributed by atoms with E-state index < -0.39 is 6.04 Å². The SMILES string of the molecule is CC(C)[C@H](NC(=O)c1ccc(Cl)cc1Cl)c1nnc(SCC(=O)c2ccc(Br)cc2)n1C. The van der Waals surface area contributed by atoms with E-state index in [0.717, 1.165) is 4.47 Å². The van der Waals surface area contributed by atoms with Crippen LogP contribution in [0.4, 0.5) is 0 Å². The average molecular weight is 556 g/mol. The first-order valence-electron chi connectivity index (χ1n) is 9.74. The molecule has 2 aromatic carbocycles. The van der Waals surface area contributed by atoms with Crippen LogP contribution in [0.3, 0.4) is 0 Å². The first-order chi connectivity index (χ1) is 15.2. The van der Waals surface area contributed by atoms with E-state index in [-0.39, 0.29) is 28.4 Å². The van der Waals surface area contributed by atoms with E-state index in [9.17, 15) is 9.59 Å². The minimum atomic E-state index is -0.400. The van der Waals surface area contributed by atoms with Crippen LogP contribution < -0.4 is 5.32 Å². The van der Waals surface area contributed by atoms with E-state index in [0.29, 0.717) is 27.1 Å². The second-order valence-corrected chi connectivity index (χ2v) is 10.1. The Morgan fingerprint density at radius 1 is 1.12 bits per heavy atom. The molecule has 0 unspecified atom stereocenters. The maximum atomic E-state index is 12.8. The first kappa shape index (κ1) is 24.8. The molecule has 0 spiro atoms. The Balaban J connectivity index is 1.73. The van der Waals surface area contributed by atoms with Gasteiger partial charge in [-0.2, -0.15) is 0 Å². The lowest BCUT2D eigenvalue weighted by Gasteiger charge is -2.22. The van der Waals surface area contributed by atoms with E-state index >= 15 is 0 Å². The van der Waals surface area contributed by atoms with Gasteiger partial charge in [0.2, 0.25) is 0 Å². The molecule has 0 aliphatic heterocycles. The number of hydrogen-bond donors (Lipinski definition) is 1. The zero-order valence-corrected chi connectivity index (χ0v) is 21.5. The molecule has 0 radical (unpaired) electrons. The minimum Gasteiger partial charge on any atom is -0.342 e. The largest absolute Gasteiger partial charge is 0.342 e. The topological polar surface area (TPSA) is 76.9 Å². The van der Waals surface area contributed by atoms with Crippen molar-refractivity contribution < 1.29 is 9.59 Å². The summed E-state index contributed by atoms with van der Waals surface area (Å²) in [7, 11) is 1.82. The molecule has 0 aliphatic carbocycles. The summed E-state index contributed by atoms with van der Waals surface area (Å²) in [4.78, 5) is 25.3. The normalized spacial score (nSPS) is 12.1. The predicted octanol–water partition coefficient (Wildman–Crippen LogP) is 5.99. The number of carbonyl (C=O) groups is 2. The lowest BCUT2D eigenvalue weighted by molar-refractivity contribution is 0.0921. The summed E-state index contributed by atoms with van der Waals surface area (Å²) < 4.78 is 2.72. The number of nitrogens with one attached hydrogen (secondary N) is 1. The van der Waals surface area contributed by atoms with Crippen molar-refractivity contribution in [3.8, 4) is 0 Å². The highest BCUT2D eigenvalue weighted by Gasteiger charge is 2.26. The van der Waals surface area contributed by atoms with Gasteiger partial charge >= 0.3 is 0 Å². The Morgan fingerprint density at radius 3 is 2.44 bits per heavy atom. The van der Waals surface area contributed by atoms with Crippen molar-refractivity contribution in [3.63, 3.8) is 0 Å². The van der Waals surface area contributed by atoms with Crippen molar-refractivity contribution in [2.45, 2.75) is 25.0 Å². The quantitative estimate of drug-likeness (QED) is 0.273. The van der Waals surface area contributed by atoms with Crippen LogP contribution >= 0.6 is 50.9 Å². The molecule has 3 aromatic rings. The van der Waals surface area contributed by atoms with E-state index in [1.54, 1.807) is 28.8 Å². The molecular weight excluding hydrogens is 535 g/mol. The van der Waals surface area contributed by atoms with Crippen molar-refractivity contribution in [2.75, 3.05) is 5.75 Å². The molecule has 0 fully saturated rings. The number of amides is 1. The molecule has 3 rings (SSSR count). The molecule has 1 atom stereocenters. The van der Waals surface area contributed by atoms with Crippen LogP contribution in [0.2, 0.25) is 10.0 Å². The molecule has 1 N–H and O–H groups in total. The maximum absolute atomic E-state index is 12.8. The smallest absolute Gasteiger partial charge is 0.253 e. The monoisotopic (exact) mass is 554 g/mol. The standard InChI is InChI=1S/C22H21BrCl2N4O2S/c1-12(2)19(26-21(31)16-9-8-15(24)10-17(16)25)20-27-28-22(29(20)3)32-11-18(30)13-4-6-14(23)7-5-13/h4-10,12,19H,11H2,1-3H3,(H,26,31)/t19-/m0/s1. The molecule has 168 valence electrons. The Kier molecular flexibility index (Phi) is 8.38. The van der Waals surface area contributed by atoms with E-state index in [1.807, 2.05) is 33.0 Å². The third kappa shape index (κ3) is 5.92. The zero-order valence-electron chi connectivity index (χ0n) is 17.6. The molecule has 0 aliphatic rings. The van der Waals surface area contributed by atoms with Crippen molar-refractivity contribution in [2.24, 2.45) is 13.0 Å². The van der Waals surface area contributed by atoms with E-state index in [2.05, 4.69) is 31.4 Å². The van der Waals surface area contributed by atoms with Crippen LogP contribution in [0.1, 0.15) is 46.4 Å². The predicted molar refractivity (Wildman–Crippen MR) is 132 cm³/mol. The number of aromatic nitrogens is 3. The van der Waals surface area contributed by atoms with Gasteiger partial charge in [0.05, 0.1) is 22.4 Å². The van der Waals surface area contributed by atoms with Gasteiger partial charge in [-0.15, -0.1) is 10.2 Å². The molecule has 0 saturated heterocycles. The summed E-state index contributed by atoms with van der Waals surface area (Å²) in [6.07, 6.45) is 0. The Labute approximate surface area is 209 Å². The van der Waals surface area contributed by atoms with Crippen molar-refractivity contribution in [1.82, 2.24) is 20.1 Å². The molecular formula is C22H21BrCl2N4O2S. The molecule has 1 aromatic heterocycles. The number of benzene rings is 2. The molecule has 1 amide bonds. The van der Waals surface area contributed by atoms with Gasteiger partial charge in [0.25, 0.3) is 5.91 Å². The van der Waals surface area contributed by atoms with Crippen molar-refractivity contribution in [1.29, 1.82) is 0 Å². The molecule has 0 saturated carbocycles. The van der Waals surface area contributed by atoms with Gasteiger partial charge in [-0.3, -0.25) is 9.59 Å². The van der Waals surface area contributed by atoms with Gasteiger partial charge in [0, 0.05) is 22.1 Å². The number of rotatable bonds is 8. The van der Waals surface area contributed by atoms with Crippen LogP contribution in [0.25, 0.3) is 0 Å². The lowest BCUT2D eigenvalue weighted by Crippen LogP contribution is -2.33. The molecule has 32 heavy (non-hydrogen) atoms. The first-order valence-corrected chi connectivity index (χ1v) is 12.3. The van der Waals surface area contributed by atoms with E-state index in [4.69, 9.17) is 23.2 Å². The summed E-state index contributed by atoms with van der Waals surface area (Å²) in [5.41, 5.74) is 0.967. The summed E-state index contributed by atoms with van der Waals surface area (Å²) in [5.74, 6) is 0.533.